The average molecular weight is 361 g/mol. The van der Waals surface area contributed by atoms with Crippen molar-refractivity contribution < 1.29 is 18.0 Å². The van der Waals surface area contributed by atoms with Gasteiger partial charge in [0.05, 0.1) is 11.0 Å². The van der Waals surface area contributed by atoms with E-state index < -0.39 is 24.7 Å². The Balaban J connectivity index is 2.23. The van der Waals surface area contributed by atoms with Crippen molar-refractivity contribution >= 4 is 27.5 Å². The van der Waals surface area contributed by atoms with E-state index in [1.165, 1.54) is 30.5 Å². The highest BCUT2D eigenvalue weighted by Gasteiger charge is 2.15. The number of amides is 1. The summed E-state index contributed by atoms with van der Waals surface area (Å²) >= 11 is 3.05. The van der Waals surface area contributed by atoms with Crippen LogP contribution in [0.2, 0.25) is 0 Å². The summed E-state index contributed by atoms with van der Waals surface area (Å²) in [6.07, 6.45) is -1.16. The summed E-state index contributed by atoms with van der Waals surface area (Å²) in [4.78, 5) is 12.1. The van der Waals surface area contributed by atoms with Crippen LogP contribution in [0.4, 0.5) is 18.9 Å². The van der Waals surface area contributed by atoms with Gasteiger partial charge in [-0.15, -0.1) is 0 Å². The van der Waals surface area contributed by atoms with Crippen molar-refractivity contribution in [3.63, 3.8) is 0 Å². The summed E-state index contributed by atoms with van der Waals surface area (Å²) in [6, 6.07) is 5.65. The molecule has 0 radical (unpaired) electrons. The zero-order chi connectivity index (χ0) is 15.6. The van der Waals surface area contributed by atoms with E-state index in [0.29, 0.717) is 15.7 Å². The van der Waals surface area contributed by atoms with E-state index in [-0.39, 0.29) is 5.69 Å². The highest BCUT2D eigenvalue weighted by Crippen LogP contribution is 2.24. The Morgan fingerprint density at radius 1 is 1.43 bits per heavy atom. The lowest BCUT2D eigenvalue weighted by Crippen LogP contribution is -2.19. The maximum absolute atomic E-state index is 13.5. The van der Waals surface area contributed by atoms with Crippen LogP contribution in [0.1, 0.15) is 16.1 Å². The fraction of sp³-hybridized carbons (Fsp3) is 0.214. The second-order valence-corrected chi connectivity index (χ2v) is 5.33. The molecule has 1 heterocycles. The molecule has 0 aliphatic heterocycles. The molecule has 3 nitrogen and oxygen atoms in total. The molecule has 0 aliphatic carbocycles. The Morgan fingerprint density at radius 3 is 2.81 bits per heavy atom. The van der Waals surface area contributed by atoms with Crippen LogP contribution in [0.25, 0.3) is 0 Å². The van der Waals surface area contributed by atoms with Crippen LogP contribution in [0.5, 0.6) is 0 Å². The third kappa shape index (κ3) is 3.66. The molecule has 0 atom stereocenters. The van der Waals surface area contributed by atoms with Gasteiger partial charge in [0, 0.05) is 11.9 Å². The lowest BCUT2D eigenvalue weighted by molar-refractivity contribution is 0.0997. The van der Waals surface area contributed by atoms with Gasteiger partial charge in [-0.1, -0.05) is 0 Å². The van der Waals surface area contributed by atoms with Crippen molar-refractivity contribution in [2.75, 3.05) is 5.32 Å². The molecule has 7 heteroatoms. The summed E-state index contributed by atoms with van der Waals surface area (Å²) in [6.45, 7) is 1.14. The SMILES string of the molecule is Cc1cc(Br)c(F)cc1NC(=O)c1cccn1CC(F)F. The quantitative estimate of drug-likeness (QED) is 0.870. The van der Waals surface area contributed by atoms with Crippen LogP contribution in [-0.4, -0.2) is 16.9 Å². The molecule has 0 aliphatic rings. The number of anilines is 1. The first kappa shape index (κ1) is 15.6. The van der Waals surface area contributed by atoms with Crippen LogP contribution in [0.3, 0.4) is 0 Å². The molecular formula is C14H12BrF3N2O. The molecule has 1 N–H and O–H groups in total. The first-order chi connectivity index (χ1) is 9.88. The monoisotopic (exact) mass is 360 g/mol. The average Bonchev–Trinajstić information content (AvgIpc) is 2.83. The van der Waals surface area contributed by atoms with Crippen molar-refractivity contribution in [2.24, 2.45) is 0 Å². The predicted molar refractivity (Wildman–Crippen MR) is 77.2 cm³/mol. The van der Waals surface area contributed by atoms with Gasteiger partial charge in [0.2, 0.25) is 0 Å². The molecule has 1 aromatic heterocycles. The lowest BCUT2D eigenvalue weighted by atomic mass is 10.2. The van der Waals surface area contributed by atoms with Crippen LogP contribution in [0.15, 0.2) is 34.9 Å². The normalized spacial score (nSPS) is 11.0. The standard InChI is InChI=1S/C14H12BrF3N2O/c1-8-5-9(15)10(16)6-11(8)19-14(21)12-3-2-4-20(12)7-13(17)18/h2-6,13H,7H2,1H3,(H,19,21). The lowest BCUT2D eigenvalue weighted by Gasteiger charge is -2.11. The van der Waals surface area contributed by atoms with Gasteiger partial charge in [0.15, 0.2) is 0 Å². The summed E-state index contributed by atoms with van der Waals surface area (Å²) in [5, 5.41) is 2.53. The Kier molecular flexibility index (Phi) is 4.72. The Labute approximate surface area is 127 Å². The minimum absolute atomic E-state index is 0.0954. The molecule has 1 aromatic carbocycles. The van der Waals surface area contributed by atoms with Gasteiger partial charge >= 0.3 is 0 Å². The number of halogens is 4. The van der Waals surface area contributed by atoms with Gasteiger partial charge < -0.3 is 9.88 Å². The Hall–Kier alpha value is -1.76. The van der Waals surface area contributed by atoms with Gasteiger partial charge in [0.25, 0.3) is 12.3 Å². The van der Waals surface area contributed by atoms with Gasteiger partial charge in [-0.05, 0) is 52.7 Å². The van der Waals surface area contributed by atoms with Gasteiger partial charge in [-0.25, -0.2) is 13.2 Å². The third-order valence-corrected chi connectivity index (χ3v) is 3.52. The number of aryl methyl sites for hydroxylation is 1. The largest absolute Gasteiger partial charge is 0.338 e. The van der Waals surface area contributed by atoms with Gasteiger partial charge in [-0.2, -0.15) is 0 Å². The van der Waals surface area contributed by atoms with Crippen molar-refractivity contribution in [3.05, 3.63) is 52.0 Å². The van der Waals surface area contributed by atoms with E-state index in [4.69, 9.17) is 0 Å². The number of hydrogen-bond acceptors (Lipinski definition) is 1. The third-order valence-electron chi connectivity index (χ3n) is 2.91. The minimum atomic E-state index is -2.56. The van der Waals surface area contributed by atoms with Crippen LogP contribution >= 0.6 is 15.9 Å². The summed E-state index contributed by atoms with van der Waals surface area (Å²) < 4.78 is 39.8. The number of hydrogen-bond donors (Lipinski definition) is 1. The first-order valence-corrected chi connectivity index (χ1v) is 6.88. The Morgan fingerprint density at radius 2 is 2.14 bits per heavy atom. The highest BCUT2D eigenvalue weighted by molar-refractivity contribution is 9.10. The van der Waals surface area contributed by atoms with Crippen molar-refractivity contribution in [1.82, 2.24) is 4.57 Å². The minimum Gasteiger partial charge on any atom is -0.338 e. The molecule has 2 aromatic rings. The topological polar surface area (TPSA) is 34.0 Å². The van der Waals surface area contributed by atoms with Crippen LogP contribution in [0, 0.1) is 12.7 Å². The van der Waals surface area contributed by atoms with Crippen LogP contribution < -0.4 is 5.32 Å². The number of nitrogens with one attached hydrogen (secondary N) is 1. The molecule has 1 amide bonds. The molecule has 21 heavy (non-hydrogen) atoms. The smallest absolute Gasteiger partial charge is 0.272 e. The molecule has 0 unspecified atom stereocenters. The summed E-state index contributed by atoms with van der Waals surface area (Å²) in [7, 11) is 0. The zero-order valence-electron chi connectivity index (χ0n) is 11.0. The number of nitrogens with zero attached hydrogens (tertiary/aromatic N) is 1. The fourth-order valence-electron chi connectivity index (χ4n) is 1.90. The molecule has 0 bridgehead atoms. The highest BCUT2D eigenvalue weighted by atomic mass is 79.9. The summed E-state index contributed by atoms with van der Waals surface area (Å²) in [5.41, 5.74) is 1.05. The predicted octanol–water partition coefficient (Wildman–Crippen LogP) is 4.22. The second kappa shape index (κ2) is 6.34. The number of carbonyl (C=O) groups is 1. The second-order valence-electron chi connectivity index (χ2n) is 4.47. The number of benzene rings is 1. The van der Waals surface area contributed by atoms with Crippen molar-refractivity contribution in [1.29, 1.82) is 0 Å². The fourth-order valence-corrected chi connectivity index (χ4v) is 2.35. The molecular weight excluding hydrogens is 349 g/mol. The van der Waals surface area contributed by atoms with Crippen molar-refractivity contribution in [2.45, 2.75) is 19.9 Å². The van der Waals surface area contributed by atoms with E-state index in [0.717, 1.165) is 4.57 Å². The number of aromatic nitrogens is 1. The maximum Gasteiger partial charge on any atom is 0.272 e. The first-order valence-electron chi connectivity index (χ1n) is 6.08. The van der Waals surface area contributed by atoms with Gasteiger partial charge in [0.1, 0.15) is 11.5 Å². The van der Waals surface area contributed by atoms with E-state index in [1.807, 2.05) is 0 Å². The maximum atomic E-state index is 13.5. The summed E-state index contributed by atoms with van der Waals surface area (Å²) in [5.74, 6) is -1.08. The van der Waals surface area contributed by atoms with E-state index >= 15 is 0 Å². The number of carbonyl (C=O) groups excluding carboxylic acids is 1. The Bertz CT molecular complexity index is 670. The van der Waals surface area contributed by atoms with Crippen molar-refractivity contribution in [3.8, 4) is 0 Å². The van der Waals surface area contributed by atoms with Crippen LogP contribution in [-0.2, 0) is 6.54 Å². The number of rotatable bonds is 4. The van der Waals surface area contributed by atoms with E-state index in [2.05, 4.69) is 21.2 Å². The van der Waals surface area contributed by atoms with Gasteiger partial charge in [-0.3, -0.25) is 4.79 Å². The molecule has 0 saturated heterocycles. The van der Waals surface area contributed by atoms with E-state index in [1.54, 1.807) is 6.92 Å². The molecule has 0 fully saturated rings. The van der Waals surface area contributed by atoms with E-state index in [9.17, 15) is 18.0 Å². The number of alkyl halides is 2. The molecule has 2 rings (SSSR count). The molecule has 0 spiro atoms. The molecule has 0 saturated carbocycles. The zero-order valence-corrected chi connectivity index (χ0v) is 12.6. The molecule has 112 valence electrons.